The van der Waals surface area contributed by atoms with Gasteiger partial charge in [0.2, 0.25) is 0 Å². The molecule has 0 saturated heterocycles. The fourth-order valence-electron chi connectivity index (χ4n) is 1.13. The Morgan fingerprint density at radius 1 is 1.46 bits per heavy atom. The smallest absolute Gasteiger partial charge is 0.123 e. The van der Waals surface area contributed by atoms with Gasteiger partial charge in [-0.3, -0.25) is 0 Å². The van der Waals surface area contributed by atoms with Crippen LogP contribution in [0.1, 0.15) is 19.4 Å². The van der Waals surface area contributed by atoms with Crippen molar-refractivity contribution in [1.29, 1.82) is 0 Å². The maximum absolute atomic E-state index is 5.49. The molecule has 70 valence electrons. The largest absolute Gasteiger partial charge is 0.494 e. The molecule has 0 radical (unpaired) electrons. The van der Waals surface area contributed by atoms with E-state index in [1.165, 1.54) is 0 Å². The summed E-state index contributed by atoms with van der Waals surface area (Å²) >= 11 is 3.49. The lowest BCUT2D eigenvalue weighted by Gasteiger charge is -2.09. The van der Waals surface area contributed by atoms with Crippen LogP contribution in [0.5, 0.6) is 0 Å². The molecule has 0 spiro atoms. The van der Waals surface area contributed by atoms with Crippen molar-refractivity contribution in [2.75, 3.05) is 6.61 Å². The Kier molecular flexibility index (Phi) is 4.03. The Balaban J connectivity index is 2.99. The number of hydrogen-bond acceptors (Lipinski definition) is 1. The van der Waals surface area contributed by atoms with Gasteiger partial charge in [-0.15, -0.1) is 0 Å². The van der Waals surface area contributed by atoms with Crippen molar-refractivity contribution in [2.24, 2.45) is 0 Å². The number of benzene rings is 1. The first-order chi connectivity index (χ1) is 6.29. The maximum Gasteiger partial charge on any atom is 0.123 e. The van der Waals surface area contributed by atoms with Crippen molar-refractivity contribution in [1.82, 2.24) is 0 Å². The van der Waals surface area contributed by atoms with Gasteiger partial charge < -0.3 is 4.74 Å². The third-order valence-electron chi connectivity index (χ3n) is 1.70. The quantitative estimate of drug-likeness (QED) is 0.730. The van der Waals surface area contributed by atoms with E-state index in [4.69, 9.17) is 4.74 Å². The molecule has 0 aliphatic rings. The number of halogens is 1. The molecule has 1 aromatic carbocycles. The van der Waals surface area contributed by atoms with Gasteiger partial charge in [0, 0.05) is 10.0 Å². The van der Waals surface area contributed by atoms with Crippen molar-refractivity contribution < 1.29 is 4.74 Å². The Morgan fingerprint density at radius 3 is 2.69 bits per heavy atom. The molecular weight excluding hydrogens is 228 g/mol. The average Bonchev–Trinajstić information content (AvgIpc) is 2.16. The lowest BCUT2D eigenvalue weighted by Crippen LogP contribution is -1.91. The first-order valence-corrected chi connectivity index (χ1v) is 5.13. The van der Waals surface area contributed by atoms with Crippen molar-refractivity contribution in [3.05, 3.63) is 40.4 Å². The molecule has 0 heterocycles. The molecule has 0 saturated carbocycles. The van der Waals surface area contributed by atoms with Crippen LogP contribution in [0.25, 0.3) is 5.76 Å². The first kappa shape index (κ1) is 10.3. The van der Waals surface area contributed by atoms with Crippen LogP contribution in [0, 0.1) is 0 Å². The van der Waals surface area contributed by atoms with Crippen LogP contribution < -0.4 is 0 Å². The van der Waals surface area contributed by atoms with Gasteiger partial charge in [0.15, 0.2) is 0 Å². The van der Waals surface area contributed by atoms with Gasteiger partial charge >= 0.3 is 0 Å². The maximum atomic E-state index is 5.49. The second kappa shape index (κ2) is 5.07. The normalized spacial score (nSPS) is 11.5. The molecule has 0 fully saturated rings. The van der Waals surface area contributed by atoms with Crippen molar-refractivity contribution in [3.8, 4) is 0 Å². The molecule has 2 heteroatoms. The summed E-state index contributed by atoms with van der Waals surface area (Å²) in [5, 5.41) is 0. The summed E-state index contributed by atoms with van der Waals surface area (Å²) in [4.78, 5) is 0. The molecule has 1 aromatic rings. The minimum atomic E-state index is 0.695. The van der Waals surface area contributed by atoms with Crippen LogP contribution in [0.4, 0.5) is 0 Å². The number of ether oxygens (including phenoxy) is 1. The zero-order chi connectivity index (χ0) is 9.68. The lowest BCUT2D eigenvalue weighted by atomic mass is 10.2. The van der Waals surface area contributed by atoms with Gasteiger partial charge in [-0.05, 0) is 26.0 Å². The van der Waals surface area contributed by atoms with E-state index in [9.17, 15) is 0 Å². The molecule has 0 atom stereocenters. The number of hydrogen-bond donors (Lipinski definition) is 0. The highest BCUT2D eigenvalue weighted by atomic mass is 79.9. The molecule has 0 aliphatic heterocycles. The summed E-state index contributed by atoms with van der Waals surface area (Å²) in [6, 6.07) is 8.04. The average molecular weight is 241 g/mol. The topological polar surface area (TPSA) is 9.23 Å². The van der Waals surface area contributed by atoms with Crippen LogP contribution in [-0.4, -0.2) is 6.61 Å². The molecule has 0 unspecified atom stereocenters. The fourth-order valence-corrected chi connectivity index (χ4v) is 1.61. The molecule has 0 amide bonds. The Morgan fingerprint density at radius 2 is 2.15 bits per heavy atom. The SMILES string of the molecule is CC=C(OCC)c1ccccc1Br. The standard InChI is InChI=1S/C11H13BrO/c1-3-11(13-4-2)9-7-5-6-8-10(9)12/h3,5-8H,4H2,1-2H3. The third kappa shape index (κ3) is 2.59. The van der Waals surface area contributed by atoms with E-state index in [2.05, 4.69) is 15.9 Å². The summed E-state index contributed by atoms with van der Waals surface area (Å²) in [5.74, 6) is 0.926. The first-order valence-electron chi connectivity index (χ1n) is 4.33. The van der Waals surface area contributed by atoms with Gasteiger partial charge in [-0.1, -0.05) is 34.1 Å². The summed E-state index contributed by atoms with van der Waals surface area (Å²) < 4.78 is 6.56. The minimum absolute atomic E-state index is 0.695. The van der Waals surface area contributed by atoms with Crippen LogP contribution in [-0.2, 0) is 4.74 Å². The van der Waals surface area contributed by atoms with Gasteiger partial charge in [0.1, 0.15) is 5.76 Å². The highest BCUT2D eigenvalue weighted by Gasteiger charge is 2.03. The predicted octanol–water partition coefficient (Wildman–Crippen LogP) is 3.85. The summed E-state index contributed by atoms with van der Waals surface area (Å²) in [7, 11) is 0. The minimum Gasteiger partial charge on any atom is -0.494 e. The zero-order valence-electron chi connectivity index (χ0n) is 7.88. The van der Waals surface area contributed by atoms with E-state index in [0.717, 1.165) is 15.8 Å². The molecule has 1 rings (SSSR count). The molecular formula is C11H13BrO. The van der Waals surface area contributed by atoms with Crippen molar-refractivity contribution in [3.63, 3.8) is 0 Å². The molecule has 0 aromatic heterocycles. The molecule has 0 bridgehead atoms. The monoisotopic (exact) mass is 240 g/mol. The summed E-state index contributed by atoms with van der Waals surface area (Å²) in [6.45, 7) is 4.66. The molecule has 13 heavy (non-hydrogen) atoms. The van der Waals surface area contributed by atoms with Crippen molar-refractivity contribution >= 4 is 21.7 Å². The van der Waals surface area contributed by atoms with Crippen LogP contribution >= 0.6 is 15.9 Å². The molecule has 0 N–H and O–H groups in total. The third-order valence-corrected chi connectivity index (χ3v) is 2.39. The van der Waals surface area contributed by atoms with Crippen molar-refractivity contribution in [2.45, 2.75) is 13.8 Å². The van der Waals surface area contributed by atoms with Crippen LogP contribution in [0.15, 0.2) is 34.8 Å². The van der Waals surface area contributed by atoms with Gasteiger partial charge in [0.25, 0.3) is 0 Å². The van der Waals surface area contributed by atoms with Crippen LogP contribution in [0.3, 0.4) is 0 Å². The highest BCUT2D eigenvalue weighted by molar-refractivity contribution is 9.10. The highest BCUT2D eigenvalue weighted by Crippen LogP contribution is 2.24. The van der Waals surface area contributed by atoms with Gasteiger partial charge in [-0.2, -0.15) is 0 Å². The Labute approximate surface area is 87.5 Å². The van der Waals surface area contributed by atoms with E-state index in [1.807, 2.05) is 44.2 Å². The van der Waals surface area contributed by atoms with E-state index in [0.29, 0.717) is 6.61 Å². The Bertz CT molecular complexity index is 305. The Hall–Kier alpha value is -0.760. The van der Waals surface area contributed by atoms with E-state index >= 15 is 0 Å². The van der Waals surface area contributed by atoms with E-state index in [-0.39, 0.29) is 0 Å². The fraction of sp³-hybridized carbons (Fsp3) is 0.273. The molecule has 0 aliphatic carbocycles. The van der Waals surface area contributed by atoms with E-state index in [1.54, 1.807) is 0 Å². The lowest BCUT2D eigenvalue weighted by molar-refractivity contribution is 0.297. The van der Waals surface area contributed by atoms with E-state index < -0.39 is 0 Å². The predicted molar refractivity (Wildman–Crippen MR) is 59.4 cm³/mol. The number of allylic oxidation sites excluding steroid dienone is 1. The number of rotatable bonds is 3. The summed E-state index contributed by atoms with van der Waals surface area (Å²) in [6.07, 6.45) is 1.98. The second-order valence-corrected chi connectivity index (χ2v) is 3.42. The molecule has 1 nitrogen and oxygen atoms in total. The zero-order valence-corrected chi connectivity index (χ0v) is 9.47. The van der Waals surface area contributed by atoms with Gasteiger partial charge in [0.05, 0.1) is 6.61 Å². The second-order valence-electron chi connectivity index (χ2n) is 2.57. The van der Waals surface area contributed by atoms with Gasteiger partial charge in [-0.25, -0.2) is 0 Å². The summed E-state index contributed by atoms with van der Waals surface area (Å²) in [5.41, 5.74) is 1.10. The van der Waals surface area contributed by atoms with Crippen LogP contribution in [0.2, 0.25) is 0 Å².